The Balaban J connectivity index is 2.19. The molecule has 0 aromatic carbocycles. The SMILES string of the molecule is CCNc1ncccc1C(=O)Nc1nc(CC)c(C)s1. The van der Waals surface area contributed by atoms with Crippen LogP contribution in [0, 0.1) is 6.92 Å². The molecule has 0 atom stereocenters. The minimum atomic E-state index is -0.189. The quantitative estimate of drug-likeness (QED) is 0.888. The van der Waals surface area contributed by atoms with Crippen LogP contribution in [0.3, 0.4) is 0 Å². The van der Waals surface area contributed by atoms with Crippen LogP contribution in [0.25, 0.3) is 0 Å². The average Bonchev–Trinajstić information content (AvgIpc) is 2.79. The zero-order chi connectivity index (χ0) is 14.5. The van der Waals surface area contributed by atoms with Gasteiger partial charge in [-0.15, -0.1) is 11.3 Å². The highest BCUT2D eigenvalue weighted by Gasteiger charge is 2.14. The van der Waals surface area contributed by atoms with E-state index >= 15 is 0 Å². The van der Waals surface area contributed by atoms with E-state index in [2.05, 4.69) is 27.5 Å². The van der Waals surface area contributed by atoms with Gasteiger partial charge >= 0.3 is 0 Å². The van der Waals surface area contributed by atoms with Crippen LogP contribution >= 0.6 is 11.3 Å². The van der Waals surface area contributed by atoms with Crippen molar-refractivity contribution in [3.8, 4) is 0 Å². The van der Waals surface area contributed by atoms with Crippen LogP contribution in [0.4, 0.5) is 10.9 Å². The average molecular weight is 290 g/mol. The van der Waals surface area contributed by atoms with Crippen molar-refractivity contribution in [1.82, 2.24) is 9.97 Å². The fraction of sp³-hybridized carbons (Fsp3) is 0.357. The van der Waals surface area contributed by atoms with Crippen LogP contribution in [0.15, 0.2) is 18.3 Å². The first-order valence-electron chi connectivity index (χ1n) is 6.62. The van der Waals surface area contributed by atoms with Gasteiger partial charge in [-0.25, -0.2) is 9.97 Å². The van der Waals surface area contributed by atoms with E-state index in [-0.39, 0.29) is 5.91 Å². The van der Waals surface area contributed by atoms with E-state index < -0.39 is 0 Å². The molecule has 2 aromatic heterocycles. The molecule has 2 N–H and O–H groups in total. The van der Waals surface area contributed by atoms with Gasteiger partial charge in [-0.05, 0) is 32.4 Å². The summed E-state index contributed by atoms with van der Waals surface area (Å²) in [5.41, 5.74) is 1.56. The molecule has 0 spiro atoms. The molecule has 0 aliphatic heterocycles. The molecule has 0 fully saturated rings. The minimum absolute atomic E-state index is 0.189. The van der Waals surface area contributed by atoms with E-state index in [4.69, 9.17) is 0 Å². The molecule has 0 aliphatic carbocycles. The Morgan fingerprint density at radius 3 is 2.85 bits per heavy atom. The summed E-state index contributed by atoms with van der Waals surface area (Å²) in [7, 11) is 0. The highest BCUT2D eigenvalue weighted by molar-refractivity contribution is 7.15. The lowest BCUT2D eigenvalue weighted by Gasteiger charge is -2.08. The Labute approximate surface area is 122 Å². The van der Waals surface area contributed by atoms with E-state index in [1.54, 1.807) is 18.3 Å². The van der Waals surface area contributed by atoms with Gasteiger partial charge in [0.2, 0.25) is 0 Å². The summed E-state index contributed by atoms with van der Waals surface area (Å²) in [6.45, 7) is 6.75. The Hall–Kier alpha value is -1.95. The van der Waals surface area contributed by atoms with Gasteiger partial charge in [0.25, 0.3) is 5.91 Å². The van der Waals surface area contributed by atoms with Crippen LogP contribution in [0.5, 0.6) is 0 Å². The molecule has 2 aromatic rings. The lowest BCUT2D eigenvalue weighted by atomic mass is 10.2. The first-order valence-corrected chi connectivity index (χ1v) is 7.43. The van der Waals surface area contributed by atoms with Gasteiger partial charge in [0.15, 0.2) is 5.13 Å². The van der Waals surface area contributed by atoms with Gasteiger partial charge < -0.3 is 5.32 Å². The largest absolute Gasteiger partial charge is 0.370 e. The maximum absolute atomic E-state index is 12.3. The molecule has 2 rings (SSSR count). The smallest absolute Gasteiger partial charge is 0.261 e. The summed E-state index contributed by atoms with van der Waals surface area (Å²) in [5, 5.41) is 6.56. The monoisotopic (exact) mass is 290 g/mol. The molecule has 106 valence electrons. The van der Waals surface area contributed by atoms with Gasteiger partial charge in [-0.1, -0.05) is 6.92 Å². The molecule has 1 amide bonds. The predicted octanol–water partition coefficient (Wildman–Crippen LogP) is 3.09. The fourth-order valence-electron chi connectivity index (χ4n) is 1.87. The molecule has 0 saturated carbocycles. The zero-order valence-corrected chi connectivity index (χ0v) is 12.7. The summed E-state index contributed by atoms with van der Waals surface area (Å²) >= 11 is 1.50. The van der Waals surface area contributed by atoms with Crippen LogP contribution in [0.2, 0.25) is 0 Å². The van der Waals surface area contributed by atoms with Crippen molar-refractivity contribution in [3.05, 3.63) is 34.5 Å². The summed E-state index contributed by atoms with van der Waals surface area (Å²) in [6.07, 6.45) is 2.53. The number of nitrogens with one attached hydrogen (secondary N) is 2. The van der Waals surface area contributed by atoms with Crippen molar-refractivity contribution in [3.63, 3.8) is 0 Å². The summed E-state index contributed by atoms with van der Waals surface area (Å²) < 4.78 is 0. The number of anilines is 2. The van der Waals surface area contributed by atoms with Gasteiger partial charge in [0.05, 0.1) is 11.3 Å². The molecule has 6 heteroatoms. The third-order valence-corrected chi connectivity index (χ3v) is 3.77. The van der Waals surface area contributed by atoms with E-state index in [0.29, 0.717) is 23.1 Å². The molecule has 0 bridgehead atoms. The molecular formula is C14H18N4OS. The lowest BCUT2D eigenvalue weighted by Crippen LogP contribution is -2.15. The number of nitrogens with zero attached hydrogens (tertiary/aromatic N) is 2. The second-order valence-corrected chi connectivity index (χ2v) is 5.46. The van der Waals surface area contributed by atoms with Crippen molar-refractivity contribution in [2.45, 2.75) is 27.2 Å². The number of carbonyl (C=O) groups excluding carboxylic acids is 1. The van der Waals surface area contributed by atoms with Crippen molar-refractivity contribution < 1.29 is 4.79 Å². The maximum Gasteiger partial charge on any atom is 0.261 e. The third-order valence-electron chi connectivity index (χ3n) is 2.84. The number of carbonyl (C=O) groups is 1. The van der Waals surface area contributed by atoms with Crippen molar-refractivity contribution in [2.24, 2.45) is 0 Å². The fourth-order valence-corrected chi connectivity index (χ4v) is 2.77. The number of thiazole rings is 1. The third kappa shape index (κ3) is 3.14. The van der Waals surface area contributed by atoms with Crippen LogP contribution in [-0.2, 0) is 6.42 Å². The van der Waals surface area contributed by atoms with E-state index in [1.165, 1.54) is 11.3 Å². The van der Waals surface area contributed by atoms with E-state index in [0.717, 1.165) is 17.0 Å². The number of amides is 1. The maximum atomic E-state index is 12.3. The Morgan fingerprint density at radius 2 is 2.20 bits per heavy atom. The Morgan fingerprint density at radius 1 is 1.40 bits per heavy atom. The second kappa shape index (κ2) is 6.47. The zero-order valence-electron chi connectivity index (χ0n) is 11.9. The standard InChI is InChI=1S/C14H18N4OS/c1-4-11-9(3)20-14(17-11)18-13(19)10-7-6-8-16-12(10)15-5-2/h6-8H,4-5H2,1-3H3,(H,15,16)(H,17,18,19). The first kappa shape index (κ1) is 14.5. The number of aryl methyl sites for hydroxylation is 2. The van der Waals surface area contributed by atoms with Crippen molar-refractivity contribution in [1.29, 1.82) is 0 Å². The van der Waals surface area contributed by atoms with E-state index in [9.17, 15) is 4.79 Å². The summed E-state index contributed by atoms with van der Waals surface area (Å²) in [5.74, 6) is 0.405. The molecule has 5 nitrogen and oxygen atoms in total. The predicted molar refractivity (Wildman–Crippen MR) is 82.6 cm³/mol. The van der Waals surface area contributed by atoms with Gasteiger partial charge in [-0.2, -0.15) is 0 Å². The summed E-state index contributed by atoms with van der Waals surface area (Å²) in [4.78, 5) is 22.0. The second-order valence-electron chi connectivity index (χ2n) is 4.26. The molecule has 0 aliphatic rings. The highest BCUT2D eigenvalue weighted by Crippen LogP contribution is 2.23. The molecule has 2 heterocycles. The van der Waals surface area contributed by atoms with Crippen molar-refractivity contribution in [2.75, 3.05) is 17.2 Å². The first-order chi connectivity index (χ1) is 9.65. The minimum Gasteiger partial charge on any atom is -0.370 e. The van der Waals surface area contributed by atoms with Crippen LogP contribution in [-0.4, -0.2) is 22.4 Å². The highest BCUT2D eigenvalue weighted by atomic mass is 32.1. The van der Waals surface area contributed by atoms with Gasteiger partial charge in [0, 0.05) is 17.6 Å². The molecule has 0 radical (unpaired) electrons. The van der Waals surface area contributed by atoms with Gasteiger partial charge in [0.1, 0.15) is 5.82 Å². The Kier molecular flexibility index (Phi) is 4.68. The number of pyridine rings is 1. The number of hydrogen-bond donors (Lipinski definition) is 2. The number of hydrogen-bond acceptors (Lipinski definition) is 5. The molecule has 0 unspecified atom stereocenters. The number of aromatic nitrogens is 2. The normalized spacial score (nSPS) is 10.3. The van der Waals surface area contributed by atoms with Gasteiger partial charge in [-0.3, -0.25) is 10.1 Å². The number of rotatable bonds is 5. The molecule has 0 saturated heterocycles. The summed E-state index contributed by atoms with van der Waals surface area (Å²) in [6, 6.07) is 3.50. The molecular weight excluding hydrogens is 272 g/mol. The molecule has 20 heavy (non-hydrogen) atoms. The van der Waals surface area contributed by atoms with Crippen LogP contribution < -0.4 is 10.6 Å². The topological polar surface area (TPSA) is 66.9 Å². The Bertz CT molecular complexity index is 609. The van der Waals surface area contributed by atoms with E-state index in [1.807, 2.05) is 13.8 Å². The van der Waals surface area contributed by atoms with Crippen molar-refractivity contribution >= 4 is 28.2 Å². The lowest BCUT2D eigenvalue weighted by molar-refractivity contribution is 0.102. The van der Waals surface area contributed by atoms with Crippen LogP contribution in [0.1, 0.15) is 34.8 Å².